The summed E-state index contributed by atoms with van der Waals surface area (Å²) in [5.74, 6) is 5.49. The Bertz CT molecular complexity index is 598. The van der Waals surface area contributed by atoms with Crippen molar-refractivity contribution in [3.05, 3.63) is 28.3 Å². The molecule has 0 heterocycles. The second kappa shape index (κ2) is 5.11. The number of benzene rings is 1. The average molecular weight is 286 g/mol. The molecule has 2 rings (SSSR count). The molecule has 1 aliphatic rings. The van der Waals surface area contributed by atoms with Gasteiger partial charge in [0.15, 0.2) is 4.90 Å². The van der Waals surface area contributed by atoms with Gasteiger partial charge in [-0.15, -0.1) is 0 Å². The Kier molecular flexibility index (Phi) is 3.69. The first-order valence-corrected chi connectivity index (χ1v) is 7.17. The summed E-state index contributed by atoms with van der Waals surface area (Å²) in [6.45, 7) is 0.316. The van der Waals surface area contributed by atoms with Gasteiger partial charge in [-0.3, -0.25) is 16.0 Å². The van der Waals surface area contributed by atoms with E-state index in [4.69, 9.17) is 5.84 Å². The molecule has 0 aliphatic heterocycles. The van der Waals surface area contributed by atoms with Crippen LogP contribution in [0.15, 0.2) is 23.1 Å². The van der Waals surface area contributed by atoms with Crippen LogP contribution < -0.4 is 16.0 Å². The molecule has 1 aromatic carbocycles. The van der Waals surface area contributed by atoms with Crippen LogP contribution in [-0.4, -0.2) is 19.9 Å². The Hall–Kier alpha value is -1.71. The van der Waals surface area contributed by atoms with E-state index in [0.29, 0.717) is 12.5 Å². The highest BCUT2D eigenvalue weighted by molar-refractivity contribution is 7.89. The molecule has 9 heteroatoms. The van der Waals surface area contributed by atoms with Gasteiger partial charge in [0.25, 0.3) is 5.69 Å². The van der Waals surface area contributed by atoms with Gasteiger partial charge in [-0.1, -0.05) is 0 Å². The molecule has 0 bridgehead atoms. The van der Waals surface area contributed by atoms with Crippen LogP contribution in [0.2, 0.25) is 0 Å². The zero-order chi connectivity index (χ0) is 14.0. The minimum absolute atomic E-state index is 0.271. The van der Waals surface area contributed by atoms with Crippen molar-refractivity contribution in [3.8, 4) is 0 Å². The summed E-state index contributed by atoms with van der Waals surface area (Å²) >= 11 is 0. The molecule has 0 amide bonds. The molecule has 0 atom stereocenters. The van der Waals surface area contributed by atoms with Gasteiger partial charge in [-0.25, -0.2) is 13.1 Å². The third-order valence-electron chi connectivity index (χ3n) is 2.87. The first-order valence-electron chi connectivity index (χ1n) is 5.69. The van der Waals surface area contributed by atoms with Gasteiger partial charge in [0.1, 0.15) is 0 Å². The predicted octanol–water partition coefficient (Wildman–Crippen LogP) is 0.569. The number of hydrazine groups is 1. The fourth-order valence-electron chi connectivity index (χ4n) is 1.60. The SMILES string of the molecule is NNc1ccc(S(=O)(=O)NCC2CC2)c([N+](=O)[O-])c1. The summed E-state index contributed by atoms with van der Waals surface area (Å²) in [5.41, 5.74) is 2.01. The maximum atomic E-state index is 12.0. The Labute approximate surface area is 110 Å². The minimum atomic E-state index is -3.88. The van der Waals surface area contributed by atoms with Crippen LogP contribution >= 0.6 is 0 Å². The number of rotatable bonds is 6. The first kappa shape index (κ1) is 13.7. The van der Waals surface area contributed by atoms with E-state index in [9.17, 15) is 18.5 Å². The molecule has 1 aliphatic carbocycles. The van der Waals surface area contributed by atoms with Gasteiger partial charge in [-0.05, 0) is 30.9 Å². The lowest BCUT2D eigenvalue weighted by Gasteiger charge is -2.08. The second-order valence-corrected chi connectivity index (χ2v) is 6.11. The van der Waals surface area contributed by atoms with Gasteiger partial charge in [0, 0.05) is 12.6 Å². The number of nitrogens with two attached hydrogens (primary N) is 1. The van der Waals surface area contributed by atoms with E-state index in [1.54, 1.807) is 0 Å². The van der Waals surface area contributed by atoms with Crippen molar-refractivity contribution in [3.63, 3.8) is 0 Å². The zero-order valence-corrected chi connectivity index (χ0v) is 10.8. The fraction of sp³-hybridized carbons (Fsp3) is 0.400. The third-order valence-corrected chi connectivity index (χ3v) is 4.34. The number of nitro groups is 1. The van der Waals surface area contributed by atoms with Crippen molar-refractivity contribution >= 4 is 21.4 Å². The standard InChI is InChI=1S/C10H14N4O4S/c11-13-8-3-4-10(9(5-8)14(15)16)19(17,18)12-6-7-1-2-7/h3-5,7,12-13H,1-2,6,11H2. The molecule has 0 saturated heterocycles. The number of nitrogens with zero attached hydrogens (tertiary/aromatic N) is 1. The van der Waals surface area contributed by atoms with Crippen molar-refractivity contribution in [2.24, 2.45) is 11.8 Å². The van der Waals surface area contributed by atoms with E-state index >= 15 is 0 Å². The lowest BCUT2D eigenvalue weighted by Crippen LogP contribution is -2.26. The van der Waals surface area contributed by atoms with Crippen LogP contribution in [0.5, 0.6) is 0 Å². The normalized spacial score (nSPS) is 15.2. The van der Waals surface area contributed by atoms with Gasteiger partial charge in [0.05, 0.1) is 10.6 Å². The quantitative estimate of drug-likeness (QED) is 0.398. The van der Waals surface area contributed by atoms with E-state index in [-0.39, 0.29) is 10.6 Å². The molecule has 19 heavy (non-hydrogen) atoms. The average Bonchev–Trinajstić information content (AvgIpc) is 3.19. The number of sulfonamides is 1. The van der Waals surface area contributed by atoms with Gasteiger partial charge >= 0.3 is 0 Å². The second-order valence-electron chi connectivity index (χ2n) is 4.38. The van der Waals surface area contributed by atoms with Crippen LogP contribution in [0, 0.1) is 16.0 Å². The number of hydrogen-bond donors (Lipinski definition) is 3. The molecular formula is C10H14N4O4S. The summed E-state index contributed by atoms with van der Waals surface area (Å²) in [6.07, 6.45) is 1.97. The molecular weight excluding hydrogens is 272 g/mol. The van der Waals surface area contributed by atoms with E-state index in [1.165, 1.54) is 12.1 Å². The molecule has 0 aromatic heterocycles. The Morgan fingerprint density at radius 3 is 2.63 bits per heavy atom. The number of nitrogens with one attached hydrogen (secondary N) is 2. The van der Waals surface area contributed by atoms with Crippen LogP contribution in [0.4, 0.5) is 11.4 Å². The van der Waals surface area contributed by atoms with Gasteiger partial charge < -0.3 is 5.43 Å². The summed E-state index contributed by atoms with van der Waals surface area (Å²) in [4.78, 5) is 9.84. The molecule has 4 N–H and O–H groups in total. The third kappa shape index (κ3) is 3.19. The van der Waals surface area contributed by atoms with E-state index in [0.717, 1.165) is 18.9 Å². The van der Waals surface area contributed by atoms with Gasteiger partial charge in [-0.2, -0.15) is 0 Å². The highest BCUT2D eigenvalue weighted by Crippen LogP contribution is 2.30. The smallest absolute Gasteiger partial charge is 0.291 e. The van der Waals surface area contributed by atoms with Crippen molar-refractivity contribution in [1.82, 2.24) is 4.72 Å². The zero-order valence-electron chi connectivity index (χ0n) is 10.00. The van der Waals surface area contributed by atoms with Gasteiger partial charge in [0.2, 0.25) is 10.0 Å². The Morgan fingerprint density at radius 2 is 2.11 bits per heavy atom. The van der Waals surface area contributed by atoms with Crippen LogP contribution in [0.1, 0.15) is 12.8 Å². The molecule has 104 valence electrons. The Balaban J connectivity index is 2.33. The summed E-state index contributed by atoms with van der Waals surface area (Å²) in [7, 11) is -3.88. The molecule has 0 spiro atoms. The van der Waals surface area contributed by atoms with Crippen molar-refractivity contribution in [1.29, 1.82) is 0 Å². The Morgan fingerprint density at radius 1 is 1.42 bits per heavy atom. The number of hydrogen-bond acceptors (Lipinski definition) is 6. The van der Waals surface area contributed by atoms with Crippen molar-refractivity contribution in [2.45, 2.75) is 17.7 Å². The summed E-state index contributed by atoms with van der Waals surface area (Å²) in [6, 6.07) is 3.63. The molecule has 0 radical (unpaired) electrons. The monoisotopic (exact) mass is 286 g/mol. The van der Waals surface area contributed by atoms with Crippen molar-refractivity contribution < 1.29 is 13.3 Å². The lowest BCUT2D eigenvalue weighted by molar-refractivity contribution is -0.387. The lowest BCUT2D eigenvalue weighted by atomic mass is 10.3. The number of nitro benzene ring substituents is 1. The highest BCUT2D eigenvalue weighted by Gasteiger charge is 2.29. The number of nitrogen functional groups attached to an aromatic ring is 1. The summed E-state index contributed by atoms with van der Waals surface area (Å²) < 4.78 is 26.4. The molecule has 1 fully saturated rings. The molecule has 0 unspecified atom stereocenters. The highest BCUT2D eigenvalue weighted by atomic mass is 32.2. The van der Waals surface area contributed by atoms with Crippen LogP contribution in [-0.2, 0) is 10.0 Å². The molecule has 1 saturated carbocycles. The largest absolute Gasteiger partial charge is 0.324 e. The minimum Gasteiger partial charge on any atom is -0.324 e. The first-order chi connectivity index (χ1) is 8.94. The van der Waals surface area contributed by atoms with Crippen LogP contribution in [0.3, 0.4) is 0 Å². The van der Waals surface area contributed by atoms with Crippen molar-refractivity contribution in [2.75, 3.05) is 12.0 Å². The molecule has 1 aromatic rings. The predicted molar refractivity (Wildman–Crippen MR) is 68.8 cm³/mol. The van der Waals surface area contributed by atoms with E-state index < -0.39 is 20.6 Å². The summed E-state index contributed by atoms with van der Waals surface area (Å²) in [5, 5.41) is 10.9. The van der Waals surface area contributed by atoms with E-state index in [2.05, 4.69) is 10.1 Å². The molecule has 8 nitrogen and oxygen atoms in total. The maximum Gasteiger partial charge on any atom is 0.291 e. The maximum absolute atomic E-state index is 12.0. The number of anilines is 1. The van der Waals surface area contributed by atoms with E-state index in [1.807, 2.05) is 0 Å². The van der Waals surface area contributed by atoms with Crippen LogP contribution in [0.25, 0.3) is 0 Å². The topological polar surface area (TPSA) is 127 Å². The fourth-order valence-corrected chi connectivity index (χ4v) is 2.87.